The summed E-state index contributed by atoms with van der Waals surface area (Å²) in [4.78, 5) is 26.3. The van der Waals surface area contributed by atoms with Gasteiger partial charge in [-0.2, -0.15) is 0 Å². The van der Waals surface area contributed by atoms with E-state index in [2.05, 4.69) is 5.32 Å². The molecule has 0 fully saturated rings. The Morgan fingerprint density at radius 2 is 1.82 bits per heavy atom. The number of hydrogen-bond acceptors (Lipinski definition) is 6. The molecule has 4 rings (SSSR count). The number of aryl methyl sites for hydroxylation is 1. The maximum absolute atomic E-state index is 13.4. The number of benzene rings is 3. The summed E-state index contributed by atoms with van der Waals surface area (Å²) < 4.78 is 11.9. The van der Waals surface area contributed by atoms with Crippen LogP contribution in [-0.2, 0) is 4.79 Å². The van der Waals surface area contributed by atoms with Crippen LogP contribution in [0.1, 0.15) is 17.2 Å². The van der Waals surface area contributed by atoms with Crippen molar-refractivity contribution < 1.29 is 19.2 Å². The van der Waals surface area contributed by atoms with Crippen molar-refractivity contribution in [2.45, 2.75) is 19.1 Å². The number of amides is 1. The molecule has 3 aromatic rings. The van der Waals surface area contributed by atoms with Crippen LogP contribution >= 0.6 is 0 Å². The molecule has 0 saturated carbocycles. The zero-order valence-corrected chi connectivity index (χ0v) is 18.4. The van der Waals surface area contributed by atoms with Gasteiger partial charge in [-0.15, -0.1) is 0 Å². The van der Waals surface area contributed by atoms with Crippen molar-refractivity contribution in [1.29, 1.82) is 0 Å². The summed E-state index contributed by atoms with van der Waals surface area (Å²) in [5.74, 6) is 0.992. The fourth-order valence-electron chi connectivity index (χ4n) is 3.92. The van der Waals surface area contributed by atoms with Crippen molar-refractivity contribution in [1.82, 2.24) is 4.90 Å². The van der Waals surface area contributed by atoms with E-state index < -0.39 is 11.0 Å². The lowest BCUT2D eigenvalue weighted by molar-refractivity contribution is -0.384. The van der Waals surface area contributed by atoms with Gasteiger partial charge >= 0.3 is 0 Å². The molecule has 3 aromatic carbocycles. The summed E-state index contributed by atoms with van der Waals surface area (Å²) in [6.07, 6.45) is -0.280. The van der Waals surface area contributed by atoms with Crippen LogP contribution < -0.4 is 14.8 Å². The van der Waals surface area contributed by atoms with Gasteiger partial charge in [-0.3, -0.25) is 19.8 Å². The van der Waals surface area contributed by atoms with Gasteiger partial charge < -0.3 is 14.8 Å². The lowest BCUT2D eigenvalue weighted by atomic mass is 10.0. The number of para-hydroxylation sites is 2. The molecule has 8 heteroatoms. The van der Waals surface area contributed by atoms with Crippen LogP contribution in [0.2, 0.25) is 0 Å². The molecule has 0 aliphatic carbocycles. The Hall–Kier alpha value is -3.91. The first-order valence-electron chi connectivity index (χ1n) is 10.6. The molecule has 1 aliphatic heterocycles. The highest BCUT2D eigenvalue weighted by atomic mass is 16.6. The van der Waals surface area contributed by atoms with Crippen LogP contribution in [0.15, 0.2) is 72.8 Å². The maximum Gasteiger partial charge on any atom is 0.293 e. The number of ether oxygens (including phenoxy) is 2. The molecule has 1 aliphatic rings. The topological polar surface area (TPSA) is 93.9 Å². The molecule has 0 saturated heterocycles. The first-order chi connectivity index (χ1) is 15.9. The number of nitro benzene ring substituents is 1. The monoisotopic (exact) mass is 447 g/mol. The molecule has 1 N–H and O–H groups in total. The number of carbonyl (C=O) groups excluding carboxylic acids is 1. The predicted octanol–water partition coefficient (Wildman–Crippen LogP) is 4.35. The van der Waals surface area contributed by atoms with Crippen LogP contribution in [0.3, 0.4) is 0 Å². The fourth-order valence-corrected chi connectivity index (χ4v) is 3.92. The molecular formula is C25H25N3O5. The van der Waals surface area contributed by atoms with Crippen molar-refractivity contribution >= 4 is 17.3 Å². The van der Waals surface area contributed by atoms with Crippen molar-refractivity contribution in [2.75, 3.05) is 25.5 Å². The molecule has 33 heavy (non-hydrogen) atoms. The van der Waals surface area contributed by atoms with E-state index in [0.29, 0.717) is 24.7 Å². The maximum atomic E-state index is 13.4. The Balaban J connectivity index is 1.56. The zero-order chi connectivity index (χ0) is 23.4. The predicted molar refractivity (Wildman–Crippen MR) is 125 cm³/mol. The summed E-state index contributed by atoms with van der Waals surface area (Å²) in [7, 11) is 1.82. The molecule has 2 atom stereocenters. The Kier molecular flexibility index (Phi) is 6.55. The minimum absolute atomic E-state index is 0.140. The number of likely N-dealkylation sites (N-methyl/N-ethyl adjacent to an activating group) is 1. The quantitative estimate of drug-likeness (QED) is 0.427. The Morgan fingerprint density at radius 1 is 1.12 bits per heavy atom. The van der Waals surface area contributed by atoms with E-state index >= 15 is 0 Å². The fraction of sp³-hybridized carbons (Fsp3) is 0.240. The van der Waals surface area contributed by atoms with Crippen LogP contribution in [-0.4, -0.2) is 42.0 Å². The van der Waals surface area contributed by atoms with Crippen LogP contribution in [0.4, 0.5) is 11.4 Å². The van der Waals surface area contributed by atoms with Gasteiger partial charge in [0.15, 0.2) is 11.5 Å². The number of fused-ring (bicyclic) bond motifs is 1. The molecule has 0 bridgehead atoms. The van der Waals surface area contributed by atoms with Crippen molar-refractivity contribution in [3.05, 3.63) is 94.0 Å². The van der Waals surface area contributed by atoms with Gasteiger partial charge in [-0.1, -0.05) is 48.5 Å². The van der Waals surface area contributed by atoms with Crippen LogP contribution in [0.5, 0.6) is 11.5 Å². The highest BCUT2D eigenvalue weighted by Gasteiger charge is 2.31. The van der Waals surface area contributed by atoms with Gasteiger partial charge in [0.25, 0.3) is 5.69 Å². The number of carbonyl (C=O) groups is 1. The third kappa shape index (κ3) is 5.12. The van der Waals surface area contributed by atoms with Gasteiger partial charge in [-0.05, 0) is 43.3 Å². The van der Waals surface area contributed by atoms with E-state index in [9.17, 15) is 14.9 Å². The van der Waals surface area contributed by atoms with Gasteiger partial charge in [0.1, 0.15) is 24.4 Å². The van der Waals surface area contributed by atoms with E-state index in [4.69, 9.17) is 9.47 Å². The Bertz CT molecular complexity index is 1150. The van der Waals surface area contributed by atoms with E-state index in [-0.39, 0.29) is 23.4 Å². The number of nitrogens with zero attached hydrogens (tertiary/aromatic N) is 2. The van der Waals surface area contributed by atoms with Gasteiger partial charge in [-0.25, -0.2) is 0 Å². The van der Waals surface area contributed by atoms with E-state index in [0.717, 1.165) is 11.1 Å². The van der Waals surface area contributed by atoms with Crippen molar-refractivity contribution in [3.8, 4) is 11.5 Å². The van der Waals surface area contributed by atoms with E-state index in [1.165, 1.54) is 6.07 Å². The molecule has 1 amide bonds. The largest absolute Gasteiger partial charge is 0.486 e. The highest BCUT2D eigenvalue weighted by Crippen LogP contribution is 2.32. The molecule has 0 spiro atoms. The number of rotatable bonds is 7. The average Bonchev–Trinajstić information content (AvgIpc) is 2.81. The minimum Gasteiger partial charge on any atom is -0.486 e. The molecular weight excluding hydrogens is 422 g/mol. The summed E-state index contributed by atoms with van der Waals surface area (Å²) in [6, 6.07) is 20.8. The van der Waals surface area contributed by atoms with Gasteiger partial charge in [0, 0.05) is 12.6 Å². The van der Waals surface area contributed by atoms with Crippen molar-refractivity contribution in [2.24, 2.45) is 0 Å². The van der Waals surface area contributed by atoms with E-state index in [1.54, 1.807) is 19.1 Å². The normalized spacial score (nSPS) is 15.7. The second-order valence-corrected chi connectivity index (χ2v) is 8.02. The third-order valence-electron chi connectivity index (χ3n) is 5.47. The first-order valence-corrected chi connectivity index (χ1v) is 10.6. The number of hydrogen-bond donors (Lipinski definition) is 1. The molecule has 0 aromatic heterocycles. The summed E-state index contributed by atoms with van der Waals surface area (Å²) >= 11 is 0. The van der Waals surface area contributed by atoms with Crippen LogP contribution in [0.25, 0.3) is 0 Å². The number of anilines is 1. The molecule has 1 heterocycles. The molecule has 170 valence electrons. The van der Waals surface area contributed by atoms with Crippen LogP contribution in [0, 0.1) is 17.0 Å². The second kappa shape index (κ2) is 9.70. The van der Waals surface area contributed by atoms with Gasteiger partial charge in [0.2, 0.25) is 5.91 Å². The second-order valence-electron chi connectivity index (χ2n) is 8.02. The molecule has 0 unspecified atom stereocenters. The standard InChI is InChI=1S/C25H25N3O5/c1-17-12-13-20(21(14-17)28(30)31)26-25(29)24(18-8-4-3-5-9-18)27(2)15-19-16-32-22-10-6-7-11-23(22)33-19/h3-14,19,24H,15-16H2,1-2H3,(H,26,29)/t19-,24-/m1/s1. The smallest absolute Gasteiger partial charge is 0.293 e. The number of nitrogens with one attached hydrogen (secondary N) is 1. The average molecular weight is 447 g/mol. The molecule has 8 nitrogen and oxygen atoms in total. The zero-order valence-electron chi connectivity index (χ0n) is 18.4. The summed E-state index contributed by atoms with van der Waals surface area (Å²) in [5.41, 5.74) is 1.53. The Labute approximate surface area is 191 Å². The molecule has 0 radical (unpaired) electrons. The van der Waals surface area contributed by atoms with E-state index in [1.807, 2.05) is 66.5 Å². The summed E-state index contributed by atoms with van der Waals surface area (Å²) in [6.45, 7) is 2.54. The Morgan fingerprint density at radius 3 is 2.55 bits per heavy atom. The number of nitro groups is 1. The lowest BCUT2D eigenvalue weighted by Crippen LogP contribution is -2.43. The minimum atomic E-state index is -0.687. The third-order valence-corrected chi connectivity index (χ3v) is 5.47. The van der Waals surface area contributed by atoms with Crippen molar-refractivity contribution in [3.63, 3.8) is 0 Å². The summed E-state index contributed by atoms with van der Waals surface area (Å²) in [5, 5.41) is 14.3. The van der Waals surface area contributed by atoms with Gasteiger partial charge in [0.05, 0.1) is 4.92 Å². The first kappa shape index (κ1) is 22.3. The SMILES string of the molecule is Cc1ccc(NC(=O)[C@@H](c2ccccc2)N(C)C[C@@H]2COc3ccccc3O2)c([N+](=O)[O-])c1. The highest BCUT2D eigenvalue weighted by molar-refractivity contribution is 5.97. The lowest BCUT2D eigenvalue weighted by Gasteiger charge is -2.33.